The van der Waals surface area contributed by atoms with Crippen LogP contribution in [0, 0.1) is 0 Å². The maximum atomic E-state index is 5.86. The lowest BCUT2D eigenvalue weighted by molar-refractivity contribution is 0.595. The topological polar surface area (TPSA) is 43.3 Å². The lowest BCUT2D eigenvalue weighted by atomic mass is 10.0. The third-order valence-electron chi connectivity index (χ3n) is 3.23. The molecule has 0 amide bonds. The van der Waals surface area contributed by atoms with E-state index in [2.05, 4.69) is 25.3 Å². The van der Waals surface area contributed by atoms with Gasteiger partial charge in [-0.15, -0.1) is 0 Å². The van der Waals surface area contributed by atoms with Crippen LogP contribution in [-0.4, -0.2) is 20.9 Å². The molecule has 0 saturated carbocycles. The second-order valence-electron chi connectivity index (χ2n) is 4.37. The van der Waals surface area contributed by atoms with Crippen LogP contribution in [0.25, 0.3) is 5.52 Å². The summed E-state index contributed by atoms with van der Waals surface area (Å²) in [5, 5.41) is 0. The summed E-state index contributed by atoms with van der Waals surface area (Å²) in [5.74, 6) is 4.19. The average Bonchev–Trinajstić information content (AvgIpc) is 2.67. The second kappa shape index (κ2) is 4.53. The van der Waals surface area contributed by atoms with Crippen molar-refractivity contribution in [2.75, 3.05) is 17.2 Å². The lowest BCUT2D eigenvalue weighted by Gasteiger charge is -2.20. The third kappa shape index (κ3) is 2.06. The zero-order valence-electron chi connectivity index (χ0n) is 9.40. The minimum atomic E-state index is 0.567. The van der Waals surface area contributed by atoms with Crippen molar-refractivity contribution < 1.29 is 0 Å². The summed E-state index contributed by atoms with van der Waals surface area (Å²) < 4.78 is 3.06. The molecular formula is C12H14BrN3S. The summed E-state index contributed by atoms with van der Waals surface area (Å²) in [6.07, 6.45) is 4.40. The van der Waals surface area contributed by atoms with Gasteiger partial charge in [0.05, 0.1) is 5.52 Å². The largest absolute Gasteiger partial charge is 0.398 e. The molecule has 1 fully saturated rings. The maximum absolute atomic E-state index is 5.86. The third-order valence-corrected chi connectivity index (χ3v) is 4.86. The quantitative estimate of drug-likeness (QED) is 0.879. The molecule has 2 aromatic heterocycles. The molecule has 3 rings (SSSR count). The smallest absolute Gasteiger partial charge is 0.132 e. The highest BCUT2D eigenvalue weighted by atomic mass is 79.9. The predicted molar refractivity (Wildman–Crippen MR) is 76.6 cm³/mol. The van der Waals surface area contributed by atoms with Gasteiger partial charge in [0, 0.05) is 17.8 Å². The average molecular weight is 312 g/mol. The fraction of sp³-hybridized carbons (Fsp3) is 0.417. The molecule has 3 heterocycles. The van der Waals surface area contributed by atoms with E-state index in [4.69, 9.17) is 5.73 Å². The minimum Gasteiger partial charge on any atom is -0.398 e. The maximum Gasteiger partial charge on any atom is 0.132 e. The van der Waals surface area contributed by atoms with Crippen molar-refractivity contribution >= 4 is 38.9 Å². The first-order valence-electron chi connectivity index (χ1n) is 5.76. The summed E-state index contributed by atoms with van der Waals surface area (Å²) in [6, 6.07) is 3.94. The van der Waals surface area contributed by atoms with E-state index in [9.17, 15) is 0 Å². The molecule has 1 saturated heterocycles. The molecule has 2 N–H and O–H groups in total. The SMILES string of the molecule is Nc1ccc2c(Br)nc(C3CCSCC3)n2c1. The molecule has 0 bridgehead atoms. The molecule has 5 heteroatoms. The van der Waals surface area contributed by atoms with Gasteiger partial charge in [0.1, 0.15) is 10.4 Å². The first kappa shape index (κ1) is 11.4. The Morgan fingerprint density at radius 3 is 2.88 bits per heavy atom. The van der Waals surface area contributed by atoms with Crippen molar-refractivity contribution in [3.63, 3.8) is 0 Å². The summed E-state index contributed by atoms with van der Waals surface area (Å²) in [6.45, 7) is 0. The minimum absolute atomic E-state index is 0.567. The molecule has 3 nitrogen and oxygen atoms in total. The number of fused-ring (bicyclic) bond motifs is 1. The Hall–Kier alpha value is -0.680. The Morgan fingerprint density at radius 2 is 2.12 bits per heavy atom. The number of aromatic nitrogens is 2. The monoisotopic (exact) mass is 311 g/mol. The van der Waals surface area contributed by atoms with Crippen molar-refractivity contribution in [3.8, 4) is 0 Å². The fourth-order valence-corrected chi connectivity index (χ4v) is 3.94. The number of nitrogens with zero attached hydrogens (tertiary/aromatic N) is 2. The van der Waals surface area contributed by atoms with E-state index >= 15 is 0 Å². The van der Waals surface area contributed by atoms with Gasteiger partial charge >= 0.3 is 0 Å². The predicted octanol–water partition coefficient (Wildman–Crippen LogP) is 3.29. The number of anilines is 1. The number of hydrogen-bond donors (Lipinski definition) is 1. The van der Waals surface area contributed by atoms with Gasteiger partial charge in [-0.1, -0.05) is 0 Å². The van der Waals surface area contributed by atoms with Crippen LogP contribution in [0.4, 0.5) is 5.69 Å². The van der Waals surface area contributed by atoms with E-state index in [0.29, 0.717) is 5.92 Å². The van der Waals surface area contributed by atoms with Crippen LogP contribution < -0.4 is 5.73 Å². The molecule has 2 aromatic rings. The Kier molecular flexibility index (Phi) is 3.04. The van der Waals surface area contributed by atoms with E-state index in [1.165, 1.54) is 24.3 Å². The summed E-state index contributed by atoms with van der Waals surface area (Å²) >= 11 is 5.57. The fourth-order valence-electron chi connectivity index (χ4n) is 2.33. The molecule has 0 unspecified atom stereocenters. The summed E-state index contributed by atoms with van der Waals surface area (Å²) in [5.41, 5.74) is 7.75. The number of nitrogens with two attached hydrogens (primary N) is 1. The lowest BCUT2D eigenvalue weighted by Crippen LogP contribution is -2.11. The molecule has 1 aliphatic heterocycles. The highest BCUT2D eigenvalue weighted by molar-refractivity contribution is 9.10. The summed E-state index contributed by atoms with van der Waals surface area (Å²) in [4.78, 5) is 4.67. The van der Waals surface area contributed by atoms with Crippen LogP contribution in [0.1, 0.15) is 24.6 Å². The molecule has 17 heavy (non-hydrogen) atoms. The van der Waals surface area contributed by atoms with Gasteiger partial charge in [-0.25, -0.2) is 4.98 Å². The molecule has 0 aliphatic carbocycles. The Morgan fingerprint density at radius 1 is 1.35 bits per heavy atom. The zero-order valence-corrected chi connectivity index (χ0v) is 11.8. The molecule has 1 aliphatic rings. The van der Waals surface area contributed by atoms with E-state index < -0.39 is 0 Å². The number of hydrogen-bond acceptors (Lipinski definition) is 3. The first-order valence-corrected chi connectivity index (χ1v) is 7.71. The van der Waals surface area contributed by atoms with Crippen molar-refractivity contribution in [2.45, 2.75) is 18.8 Å². The van der Waals surface area contributed by atoms with E-state index in [1.807, 2.05) is 30.1 Å². The second-order valence-corrected chi connectivity index (χ2v) is 6.34. The molecule has 0 radical (unpaired) electrons. The van der Waals surface area contributed by atoms with Gasteiger partial charge in [-0.05, 0) is 52.4 Å². The molecular weight excluding hydrogens is 298 g/mol. The summed E-state index contributed by atoms with van der Waals surface area (Å²) in [7, 11) is 0. The number of rotatable bonds is 1. The molecule has 0 spiro atoms. The van der Waals surface area contributed by atoms with Crippen molar-refractivity contribution in [1.82, 2.24) is 9.38 Å². The standard InChI is InChI=1S/C12H14BrN3S/c13-11-10-2-1-9(14)7-16(10)12(15-11)8-3-5-17-6-4-8/h1-2,7-8H,3-6,14H2. The van der Waals surface area contributed by atoms with Crippen LogP contribution in [-0.2, 0) is 0 Å². The number of nitrogen functional groups attached to an aromatic ring is 1. The van der Waals surface area contributed by atoms with E-state index in [0.717, 1.165) is 21.6 Å². The van der Waals surface area contributed by atoms with Crippen LogP contribution in [0.2, 0.25) is 0 Å². The van der Waals surface area contributed by atoms with Gasteiger partial charge in [0.2, 0.25) is 0 Å². The Balaban J connectivity index is 2.11. The van der Waals surface area contributed by atoms with Crippen LogP contribution in [0.15, 0.2) is 22.9 Å². The van der Waals surface area contributed by atoms with Crippen molar-refractivity contribution in [3.05, 3.63) is 28.8 Å². The highest BCUT2D eigenvalue weighted by Crippen LogP contribution is 2.33. The normalized spacial score (nSPS) is 17.7. The number of halogens is 1. The van der Waals surface area contributed by atoms with Gasteiger partial charge in [-0.2, -0.15) is 11.8 Å². The Bertz CT molecular complexity index is 546. The van der Waals surface area contributed by atoms with Crippen LogP contribution in [0.3, 0.4) is 0 Å². The van der Waals surface area contributed by atoms with Gasteiger partial charge in [-0.3, -0.25) is 0 Å². The molecule has 90 valence electrons. The van der Waals surface area contributed by atoms with Gasteiger partial charge in [0.25, 0.3) is 0 Å². The van der Waals surface area contributed by atoms with Crippen LogP contribution in [0.5, 0.6) is 0 Å². The number of thioether (sulfide) groups is 1. The number of imidazole rings is 1. The zero-order chi connectivity index (χ0) is 11.8. The van der Waals surface area contributed by atoms with Crippen molar-refractivity contribution in [1.29, 1.82) is 0 Å². The number of pyridine rings is 1. The van der Waals surface area contributed by atoms with E-state index in [-0.39, 0.29) is 0 Å². The molecule has 0 atom stereocenters. The van der Waals surface area contributed by atoms with E-state index in [1.54, 1.807) is 0 Å². The van der Waals surface area contributed by atoms with Gasteiger partial charge in [0.15, 0.2) is 0 Å². The van der Waals surface area contributed by atoms with Crippen molar-refractivity contribution in [2.24, 2.45) is 0 Å². The van der Waals surface area contributed by atoms with Crippen LogP contribution >= 0.6 is 27.7 Å². The Labute approximate surface area is 113 Å². The first-order chi connectivity index (χ1) is 8.25. The van der Waals surface area contributed by atoms with Gasteiger partial charge < -0.3 is 10.1 Å². The molecule has 0 aromatic carbocycles. The highest BCUT2D eigenvalue weighted by Gasteiger charge is 2.21.